The number of nitrogens with zero attached hydrogens (tertiary/aromatic N) is 3. The fourth-order valence-electron chi connectivity index (χ4n) is 1.61. The number of nitroso groups, excluding NO2 is 2. The molecule has 0 heterocycles. The lowest BCUT2D eigenvalue weighted by Crippen LogP contribution is -2.14. The maximum absolute atomic E-state index is 10.9. The molecular formula is C13H11N3O2. The van der Waals surface area contributed by atoms with Gasteiger partial charge in [-0.2, -0.15) is 0 Å². The molecule has 0 unspecified atom stereocenters. The summed E-state index contributed by atoms with van der Waals surface area (Å²) in [6.07, 6.45) is 0. The van der Waals surface area contributed by atoms with Gasteiger partial charge in [0.2, 0.25) is 0 Å². The van der Waals surface area contributed by atoms with Crippen LogP contribution in [0.5, 0.6) is 0 Å². The normalized spacial score (nSPS) is 9.78. The molecule has 0 aliphatic rings. The Morgan fingerprint density at radius 2 is 1.56 bits per heavy atom. The van der Waals surface area contributed by atoms with Gasteiger partial charge in [-0.15, -0.1) is 9.81 Å². The fraction of sp³-hybridized carbons (Fsp3) is 0.0769. The molecular weight excluding hydrogens is 230 g/mol. The summed E-state index contributed by atoms with van der Waals surface area (Å²) in [4.78, 5) is 21.2. The summed E-state index contributed by atoms with van der Waals surface area (Å²) in [5.41, 5.74) is 1.93. The highest BCUT2D eigenvalue weighted by Crippen LogP contribution is 2.21. The average Bonchev–Trinajstić information content (AvgIpc) is 2.46. The molecule has 0 fully saturated rings. The van der Waals surface area contributed by atoms with Crippen LogP contribution in [0.25, 0.3) is 0 Å². The summed E-state index contributed by atoms with van der Waals surface area (Å²) >= 11 is 0. The van der Waals surface area contributed by atoms with Gasteiger partial charge in [-0.25, -0.2) is 5.01 Å². The first-order valence-corrected chi connectivity index (χ1v) is 5.41. The highest BCUT2D eigenvalue weighted by atomic mass is 16.3. The van der Waals surface area contributed by atoms with Gasteiger partial charge in [0.15, 0.2) is 0 Å². The van der Waals surface area contributed by atoms with Gasteiger partial charge in [-0.1, -0.05) is 30.3 Å². The van der Waals surface area contributed by atoms with Gasteiger partial charge < -0.3 is 0 Å². The largest absolute Gasteiger partial charge is 0.225 e. The quantitative estimate of drug-likeness (QED) is 0.591. The zero-order valence-corrected chi connectivity index (χ0v) is 9.56. The first-order valence-electron chi connectivity index (χ1n) is 5.41. The van der Waals surface area contributed by atoms with Gasteiger partial charge in [0.25, 0.3) is 0 Å². The molecule has 0 aliphatic heterocycles. The number of hydrogen-bond acceptors (Lipinski definition) is 4. The predicted molar refractivity (Wildman–Crippen MR) is 70.3 cm³/mol. The van der Waals surface area contributed by atoms with Crippen LogP contribution in [0.15, 0.2) is 65.1 Å². The van der Waals surface area contributed by atoms with E-state index in [0.29, 0.717) is 17.9 Å². The van der Waals surface area contributed by atoms with Crippen LogP contribution in [0.4, 0.5) is 11.4 Å². The minimum absolute atomic E-state index is 0.323. The van der Waals surface area contributed by atoms with Crippen molar-refractivity contribution in [2.24, 2.45) is 10.5 Å². The molecule has 0 saturated carbocycles. The predicted octanol–water partition coefficient (Wildman–Crippen LogP) is 3.77. The molecule has 18 heavy (non-hydrogen) atoms. The van der Waals surface area contributed by atoms with E-state index in [-0.39, 0.29) is 0 Å². The van der Waals surface area contributed by atoms with Crippen molar-refractivity contribution in [2.75, 3.05) is 5.01 Å². The summed E-state index contributed by atoms with van der Waals surface area (Å²) in [5.74, 6) is 0. The van der Waals surface area contributed by atoms with Crippen molar-refractivity contribution in [1.82, 2.24) is 0 Å². The maximum atomic E-state index is 10.9. The molecule has 0 amide bonds. The lowest BCUT2D eigenvalue weighted by Gasteiger charge is -2.15. The van der Waals surface area contributed by atoms with Gasteiger partial charge in [-0.3, -0.25) is 0 Å². The smallest absolute Gasteiger partial charge is 0.108 e. The Balaban J connectivity index is 2.17. The number of anilines is 1. The standard InChI is InChI=1S/C13H11N3O2/c17-14-12-6-8-13(9-7-12)16(15-18)10-11-4-2-1-3-5-11/h1-9H,10H2. The van der Waals surface area contributed by atoms with E-state index in [0.717, 1.165) is 5.56 Å². The zero-order chi connectivity index (χ0) is 12.8. The van der Waals surface area contributed by atoms with Crippen LogP contribution in [0.2, 0.25) is 0 Å². The first kappa shape index (κ1) is 11.9. The van der Waals surface area contributed by atoms with E-state index in [4.69, 9.17) is 0 Å². The maximum Gasteiger partial charge on any atom is 0.108 e. The summed E-state index contributed by atoms with van der Waals surface area (Å²) in [5, 5.41) is 7.11. The van der Waals surface area contributed by atoms with Crippen LogP contribution in [0.3, 0.4) is 0 Å². The van der Waals surface area contributed by atoms with Gasteiger partial charge in [0.1, 0.15) is 5.69 Å². The highest BCUT2D eigenvalue weighted by Gasteiger charge is 2.07. The molecule has 0 saturated heterocycles. The van der Waals surface area contributed by atoms with Gasteiger partial charge in [0, 0.05) is 0 Å². The van der Waals surface area contributed by atoms with E-state index >= 15 is 0 Å². The Morgan fingerprint density at radius 3 is 2.11 bits per heavy atom. The summed E-state index contributed by atoms with van der Waals surface area (Å²) in [6.45, 7) is 0.387. The minimum atomic E-state index is 0.323. The molecule has 0 aliphatic carbocycles. The van der Waals surface area contributed by atoms with Crippen LogP contribution in [0, 0.1) is 9.81 Å². The molecule has 5 heteroatoms. The van der Waals surface area contributed by atoms with Gasteiger partial charge in [0.05, 0.1) is 17.5 Å². The van der Waals surface area contributed by atoms with E-state index < -0.39 is 0 Å². The topological polar surface area (TPSA) is 62.1 Å². The monoisotopic (exact) mass is 241 g/mol. The van der Waals surface area contributed by atoms with E-state index in [1.807, 2.05) is 30.3 Å². The molecule has 0 N–H and O–H groups in total. The minimum Gasteiger partial charge on any atom is -0.225 e. The summed E-state index contributed by atoms with van der Waals surface area (Å²) in [6, 6.07) is 15.9. The second-order valence-electron chi connectivity index (χ2n) is 3.73. The summed E-state index contributed by atoms with van der Waals surface area (Å²) < 4.78 is 0. The Morgan fingerprint density at radius 1 is 0.889 bits per heavy atom. The molecule has 2 rings (SSSR count). The van der Waals surface area contributed by atoms with Crippen molar-refractivity contribution >= 4 is 11.4 Å². The van der Waals surface area contributed by atoms with E-state index in [1.54, 1.807) is 24.3 Å². The Kier molecular flexibility index (Phi) is 3.76. The first-order chi connectivity index (χ1) is 8.83. The third kappa shape index (κ3) is 2.76. The second kappa shape index (κ2) is 5.67. The summed E-state index contributed by atoms with van der Waals surface area (Å²) in [7, 11) is 0. The molecule has 0 atom stereocenters. The van der Waals surface area contributed by atoms with Crippen molar-refractivity contribution < 1.29 is 0 Å². The molecule has 2 aromatic carbocycles. The molecule has 90 valence electrons. The third-order valence-corrected chi connectivity index (χ3v) is 2.53. The Bertz CT molecular complexity index is 526. The molecule has 0 bridgehead atoms. The van der Waals surface area contributed by atoms with Crippen LogP contribution < -0.4 is 5.01 Å². The van der Waals surface area contributed by atoms with Gasteiger partial charge in [-0.05, 0) is 35.0 Å². The Labute approximate surface area is 104 Å². The number of hydrogen-bond donors (Lipinski definition) is 0. The molecule has 0 radical (unpaired) electrons. The molecule has 0 spiro atoms. The van der Waals surface area contributed by atoms with Crippen molar-refractivity contribution in [3.63, 3.8) is 0 Å². The fourth-order valence-corrected chi connectivity index (χ4v) is 1.61. The van der Waals surface area contributed by atoms with Crippen LogP contribution >= 0.6 is 0 Å². The average molecular weight is 241 g/mol. The number of benzene rings is 2. The van der Waals surface area contributed by atoms with Crippen LogP contribution in [-0.2, 0) is 6.54 Å². The third-order valence-electron chi connectivity index (χ3n) is 2.53. The number of rotatable bonds is 5. The van der Waals surface area contributed by atoms with Crippen molar-refractivity contribution in [2.45, 2.75) is 6.54 Å². The zero-order valence-electron chi connectivity index (χ0n) is 9.56. The van der Waals surface area contributed by atoms with E-state index in [2.05, 4.69) is 10.5 Å². The highest BCUT2D eigenvalue weighted by molar-refractivity contribution is 5.52. The van der Waals surface area contributed by atoms with Crippen LogP contribution in [-0.4, -0.2) is 0 Å². The lowest BCUT2D eigenvalue weighted by molar-refractivity contribution is 0.847. The SMILES string of the molecule is O=Nc1ccc(N(Cc2ccccc2)N=O)cc1. The van der Waals surface area contributed by atoms with E-state index in [1.165, 1.54) is 5.01 Å². The molecule has 2 aromatic rings. The van der Waals surface area contributed by atoms with Crippen LogP contribution in [0.1, 0.15) is 5.56 Å². The van der Waals surface area contributed by atoms with Gasteiger partial charge >= 0.3 is 0 Å². The molecule has 5 nitrogen and oxygen atoms in total. The van der Waals surface area contributed by atoms with Crippen molar-refractivity contribution in [3.05, 3.63) is 70.0 Å². The molecule has 0 aromatic heterocycles. The lowest BCUT2D eigenvalue weighted by atomic mass is 10.2. The van der Waals surface area contributed by atoms with E-state index in [9.17, 15) is 9.81 Å². The van der Waals surface area contributed by atoms with Crippen molar-refractivity contribution in [1.29, 1.82) is 0 Å². The second-order valence-corrected chi connectivity index (χ2v) is 3.73. The Hall–Kier alpha value is -2.56. The van der Waals surface area contributed by atoms with Crippen molar-refractivity contribution in [3.8, 4) is 0 Å².